The van der Waals surface area contributed by atoms with Crippen molar-refractivity contribution in [2.45, 2.75) is 47.7 Å². The molecule has 2 heterocycles. The second kappa shape index (κ2) is 10.2. The smallest absolute Gasteiger partial charge is 0.193 e. The SMILES string of the molecule is CN=C(NCC1(Sc2ccccc2)CCCC1)N1CCC(c2cnn(C)c2)C1.I. The third kappa shape index (κ3) is 5.48. The van der Waals surface area contributed by atoms with E-state index in [2.05, 4.69) is 56.8 Å². The van der Waals surface area contributed by atoms with Gasteiger partial charge in [-0.15, -0.1) is 35.7 Å². The highest BCUT2D eigenvalue weighted by molar-refractivity contribution is 14.0. The van der Waals surface area contributed by atoms with Gasteiger partial charge in [0.1, 0.15) is 0 Å². The fraction of sp³-hybridized carbons (Fsp3) is 0.545. The topological polar surface area (TPSA) is 45.5 Å². The van der Waals surface area contributed by atoms with Crippen LogP contribution in [0, 0.1) is 0 Å². The van der Waals surface area contributed by atoms with Crippen molar-refractivity contribution in [3.05, 3.63) is 48.3 Å². The average Bonchev–Trinajstić information content (AvgIpc) is 3.45. The number of nitrogens with zero attached hydrogens (tertiary/aromatic N) is 4. The van der Waals surface area contributed by atoms with Gasteiger partial charge in [0.15, 0.2) is 5.96 Å². The van der Waals surface area contributed by atoms with Crippen molar-refractivity contribution in [1.82, 2.24) is 20.0 Å². The number of aryl methyl sites for hydroxylation is 1. The summed E-state index contributed by atoms with van der Waals surface area (Å²) in [7, 11) is 3.90. The van der Waals surface area contributed by atoms with E-state index in [0.29, 0.717) is 5.92 Å². The summed E-state index contributed by atoms with van der Waals surface area (Å²) in [6, 6.07) is 10.8. The molecule has 1 aromatic heterocycles. The summed E-state index contributed by atoms with van der Waals surface area (Å²) in [5, 5.41) is 8.06. The number of nitrogens with one attached hydrogen (secondary N) is 1. The minimum absolute atomic E-state index is 0. The van der Waals surface area contributed by atoms with Gasteiger partial charge in [-0.25, -0.2) is 0 Å². The molecule has 7 heteroatoms. The number of aliphatic imine (C=N–C) groups is 1. The highest BCUT2D eigenvalue weighted by atomic mass is 127. The first kappa shape index (κ1) is 22.5. The van der Waals surface area contributed by atoms with Crippen LogP contribution in [0.15, 0.2) is 52.6 Å². The molecule has 0 bridgehead atoms. The van der Waals surface area contributed by atoms with Gasteiger partial charge in [0.25, 0.3) is 0 Å². The Bertz CT molecular complexity index is 801. The van der Waals surface area contributed by atoms with Crippen LogP contribution in [0.25, 0.3) is 0 Å². The summed E-state index contributed by atoms with van der Waals surface area (Å²) in [5.74, 6) is 1.60. The zero-order valence-electron chi connectivity index (χ0n) is 17.4. The van der Waals surface area contributed by atoms with Crippen molar-refractivity contribution in [1.29, 1.82) is 0 Å². The minimum Gasteiger partial charge on any atom is -0.355 e. The number of aromatic nitrogens is 2. The van der Waals surface area contributed by atoms with Gasteiger partial charge in [-0.2, -0.15) is 5.10 Å². The number of guanidine groups is 1. The first-order valence-corrected chi connectivity index (χ1v) is 11.2. The highest BCUT2D eigenvalue weighted by Crippen LogP contribution is 2.44. The van der Waals surface area contributed by atoms with Crippen molar-refractivity contribution in [2.24, 2.45) is 12.0 Å². The molecule has 2 aliphatic rings. The Balaban J connectivity index is 0.00000240. The molecule has 1 aliphatic heterocycles. The lowest BCUT2D eigenvalue weighted by molar-refractivity contribution is 0.474. The van der Waals surface area contributed by atoms with Gasteiger partial charge in [0.05, 0.1) is 6.20 Å². The second-order valence-electron chi connectivity index (χ2n) is 8.08. The van der Waals surface area contributed by atoms with E-state index in [9.17, 15) is 0 Å². The summed E-state index contributed by atoms with van der Waals surface area (Å²) in [5.41, 5.74) is 1.34. The van der Waals surface area contributed by atoms with Crippen LogP contribution in [0.2, 0.25) is 0 Å². The molecule has 5 nitrogen and oxygen atoms in total. The minimum atomic E-state index is 0. The van der Waals surface area contributed by atoms with Crippen molar-refractivity contribution >= 4 is 41.7 Å². The number of halogens is 1. The van der Waals surface area contributed by atoms with E-state index < -0.39 is 0 Å². The van der Waals surface area contributed by atoms with Gasteiger partial charge in [-0.3, -0.25) is 9.67 Å². The molecule has 1 aromatic carbocycles. The van der Waals surface area contributed by atoms with E-state index in [4.69, 9.17) is 0 Å². The molecular formula is C22H32IN5S. The van der Waals surface area contributed by atoms with Gasteiger partial charge < -0.3 is 10.2 Å². The number of benzene rings is 1. The fourth-order valence-electron chi connectivity index (χ4n) is 4.52. The van der Waals surface area contributed by atoms with Crippen LogP contribution in [0.3, 0.4) is 0 Å². The number of likely N-dealkylation sites (tertiary alicyclic amines) is 1. The van der Waals surface area contributed by atoms with Gasteiger partial charge in [0.2, 0.25) is 0 Å². The summed E-state index contributed by atoms with van der Waals surface area (Å²) in [4.78, 5) is 8.39. The Kier molecular flexibility index (Phi) is 7.90. The predicted octanol–water partition coefficient (Wildman–Crippen LogP) is 4.51. The summed E-state index contributed by atoms with van der Waals surface area (Å²) < 4.78 is 2.18. The van der Waals surface area contributed by atoms with E-state index in [1.54, 1.807) is 0 Å². The number of thioether (sulfide) groups is 1. The van der Waals surface area contributed by atoms with Crippen LogP contribution in [-0.4, -0.2) is 52.1 Å². The molecule has 0 amide bonds. The predicted molar refractivity (Wildman–Crippen MR) is 132 cm³/mol. The standard InChI is InChI=1S/C22H31N5S.HI/c1-23-21(27-13-10-18(16-27)19-14-25-26(2)15-19)24-17-22(11-6-7-12-22)28-20-8-4-3-5-9-20;/h3-5,8-9,14-15,18H,6-7,10-13,16-17H2,1-2H3,(H,23,24);1H. The molecule has 0 spiro atoms. The van der Waals surface area contributed by atoms with Crippen LogP contribution < -0.4 is 5.32 Å². The van der Waals surface area contributed by atoms with Crippen LogP contribution in [0.5, 0.6) is 0 Å². The molecule has 1 N–H and O–H groups in total. The van der Waals surface area contributed by atoms with Crippen molar-refractivity contribution in [3.63, 3.8) is 0 Å². The largest absolute Gasteiger partial charge is 0.355 e. The third-order valence-corrected chi connectivity index (χ3v) is 7.55. The molecule has 29 heavy (non-hydrogen) atoms. The summed E-state index contributed by atoms with van der Waals surface area (Å²) in [6.07, 6.45) is 10.5. The number of hydrogen-bond donors (Lipinski definition) is 1. The van der Waals surface area contributed by atoms with Gasteiger partial charge >= 0.3 is 0 Å². The Hall–Kier alpha value is -1.22. The van der Waals surface area contributed by atoms with E-state index >= 15 is 0 Å². The zero-order valence-corrected chi connectivity index (χ0v) is 20.5. The fourth-order valence-corrected chi connectivity index (χ4v) is 5.95. The van der Waals surface area contributed by atoms with Gasteiger partial charge in [-0.05, 0) is 37.0 Å². The van der Waals surface area contributed by atoms with E-state index in [0.717, 1.165) is 32.0 Å². The average molecular weight is 526 g/mol. The Morgan fingerprint density at radius 1 is 1.28 bits per heavy atom. The molecule has 2 fully saturated rings. The molecule has 1 saturated carbocycles. The van der Waals surface area contributed by atoms with Crippen LogP contribution in [-0.2, 0) is 7.05 Å². The zero-order chi connectivity index (χ0) is 19.4. The lowest BCUT2D eigenvalue weighted by Crippen LogP contribution is -2.45. The maximum absolute atomic E-state index is 4.60. The highest BCUT2D eigenvalue weighted by Gasteiger charge is 2.36. The van der Waals surface area contributed by atoms with Crippen molar-refractivity contribution in [2.75, 3.05) is 26.7 Å². The summed E-state index contributed by atoms with van der Waals surface area (Å²) in [6.45, 7) is 3.05. The van der Waals surface area contributed by atoms with Crippen LogP contribution >= 0.6 is 35.7 Å². The van der Waals surface area contributed by atoms with Crippen LogP contribution in [0.4, 0.5) is 0 Å². The lowest BCUT2D eigenvalue weighted by Gasteiger charge is -2.31. The Labute approximate surface area is 195 Å². The van der Waals surface area contributed by atoms with E-state index in [-0.39, 0.29) is 28.7 Å². The molecular weight excluding hydrogens is 493 g/mol. The lowest BCUT2D eigenvalue weighted by atomic mass is 10.0. The van der Waals surface area contributed by atoms with E-state index in [1.807, 2.05) is 36.7 Å². The van der Waals surface area contributed by atoms with E-state index in [1.165, 1.54) is 36.1 Å². The molecule has 4 rings (SSSR count). The summed E-state index contributed by atoms with van der Waals surface area (Å²) >= 11 is 2.05. The first-order chi connectivity index (χ1) is 13.7. The van der Waals surface area contributed by atoms with Gasteiger partial charge in [-0.1, -0.05) is 31.0 Å². The maximum atomic E-state index is 4.60. The molecule has 1 aliphatic carbocycles. The number of rotatable bonds is 5. The molecule has 2 aromatic rings. The van der Waals surface area contributed by atoms with Crippen molar-refractivity contribution in [3.8, 4) is 0 Å². The van der Waals surface area contributed by atoms with Crippen LogP contribution in [0.1, 0.15) is 43.6 Å². The normalized spacial score (nSPS) is 21.2. The second-order valence-corrected chi connectivity index (χ2v) is 9.63. The monoisotopic (exact) mass is 525 g/mol. The molecule has 1 saturated heterocycles. The maximum Gasteiger partial charge on any atom is 0.193 e. The molecule has 158 valence electrons. The first-order valence-electron chi connectivity index (χ1n) is 10.4. The number of hydrogen-bond acceptors (Lipinski definition) is 3. The Morgan fingerprint density at radius 3 is 2.69 bits per heavy atom. The molecule has 0 radical (unpaired) electrons. The quantitative estimate of drug-likeness (QED) is 0.355. The van der Waals surface area contributed by atoms with Gasteiger partial charge in [0, 0.05) is 55.5 Å². The molecule has 1 unspecified atom stereocenters. The van der Waals surface area contributed by atoms with Crippen molar-refractivity contribution < 1.29 is 0 Å². The molecule has 1 atom stereocenters. The third-order valence-electron chi connectivity index (χ3n) is 6.06. The Morgan fingerprint density at radius 2 is 2.03 bits per heavy atom.